The number of amides is 1. The van der Waals surface area contributed by atoms with Crippen molar-refractivity contribution in [1.82, 2.24) is 4.90 Å². The molecule has 0 saturated carbocycles. The fourth-order valence-corrected chi connectivity index (χ4v) is 3.08. The van der Waals surface area contributed by atoms with Crippen molar-refractivity contribution < 1.29 is 24.4 Å². The third kappa shape index (κ3) is 3.86. The monoisotopic (exact) mass is 349 g/mol. The number of methoxy groups -OCH3 is 2. The maximum absolute atomic E-state index is 12.1. The van der Waals surface area contributed by atoms with Crippen LogP contribution in [-0.4, -0.2) is 36.8 Å². The molecule has 0 bridgehead atoms. The molecule has 1 aliphatic rings. The van der Waals surface area contributed by atoms with Gasteiger partial charge in [0, 0.05) is 37.4 Å². The average molecular weight is 349 g/mol. The number of benzene rings is 1. The normalized spacial score (nSPS) is 18.4. The predicted molar refractivity (Wildman–Crippen MR) is 93.9 cm³/mol. The maximum atomic E-state index is 12.1. The Bertz CT molecular complexity index is 643. The Morgan fingerprint density at radius 1 is 1.28 bits per heavy atom. The molecule has 25 heavy (non-hydrogen) atoms. The number of likely N-dealkylation sites (tertiary alicyclic amines) is 1. The van der Waals surface area contributed by atoms with E-state index in [0.29, 0.717) is 29.9 Å². The second-order valence-corrected chi connectivity index (χ2v) is 7.13. The van der Waals surface area contributed by atoms with E-state index < -0.39 is 11.2 Å². The average Bonchev–Trinajstić information content (AvgIpc) is 3.00. The Morgan fingerprint density at radius 3 is 2.48 bits per heavy atom. The minimum atomic E-state index is -1.55. The van der Waals surface area contributed by atoms with Gasteiger partial charge in [-0.2, -0.15) is 4.89 Å². The van der Waals surface area contributed by atoms with Crippen molar-refractivity contribution in [1.29, 1.82) is 0 Å². The number of rotatable bonds is 6. The molecule has 6 nitrogen and oxygen atoms in total. The van der Waals surface area contributed by atoms with E-state index in [4.69, 9.17) is 14.4 Å². The van der Waals surface area contributed by atoms with Gasteiger partial charge in [0.2, 0.25) is 5.91 Å². The Balaban J connectivity index is 2.63. The lowest BCUT2D eigenvalue weighted by atomic mass is 9.79. The van der Waals surface area contributed by atoms with Crippen LogP contribution in [0.25, 0.3) is 0 Å². The SMILES string of the molecule is COc1cccc(C(OC)(OO)/C(=C\N2CCCC2=O)C(C)(C)C)c1. The summed E-state index contributed by atoms with van der Waals surface area (Å²) >= 11 is 0. The van der Waals surface area contributed by atoms with Crippen LogP contribution in [0, 0.1) is 5.41 Å². The summed E-state index contributed by atoms with van der Waals surface area (Å²) in [4.78, 5) is 18.7. The van der Waals surface area contributed by atoms with Crippen molar-refractivity contribution in [2.45, 2.75) is 39.4 Å². The van der Waals surface area contributed by atoms with Crippen molar-refractivity contribution in [2.24, 2.45) is 5.41 Å². The highest BCUT2D eigenvalue weighted by atomic mass is 17.1. The molecule has 1 N–H and O–H groups in total. The lowest BCUT2D eigenvalue weighted by molar-refractivity contribution is -0.395. The first-order chi connectivity index (χ1) is 11.8. The molecule has 1 heterocycles. The summed E-state index contributed by atoms with van der Waals surface area (Å²) in [5.41, 5.74) is 0.767. The zero-order valence-electron chi connectivity index (χ0n) is 15.5. The molecular weight excluding hydrogens is 322 g/mol. The first kappa shape index (κ1) is 19.4. The van der Waals surface area contributed by atoms with Crippen molar-refractivity contribution >= 4 is 5.91 Å². The van der Waals surface area contributed by atoms with Gasteiger partial charge in [-0.15, -0.1) is 0 Å². The lowest BCUT2D eigenvalue weighted by Gasteiger charge is -2.39. The van der Waals surface area contributed by atoms with Crippen LogP contribution in [-0.2, 0) is 20.2 Å². The Morgan fingerprint density at radius 2 is 2.00 bits per heavy atom. The molecular formula is C19H27NO5. The minimum Gasteiger partial charge on any atom is -0.497 e. The van der Waals surface area contributed by atoms with E-state index in [1.54, 1.807) is 42.5 Å². The number of carbonyl (C=O) groups is 1. The first-order valence-corrected chi connectivity index (χ1v) is 8.33. The van der Waals surface area contributed by atoms with Gasteiger partial charge in [-0.05, 0) is 24.0 Å². The molecule has 1 aliphatic heterocycles. The lowest BCUT2D eigenvalue weighted by Crippen LogP contribution is -2.40. The van der Waals surface area contributed by atoms with Gasteiger partial charge in [0.15, 0.2) is 0 Å². The predicted octanol–water partition coefficient (Wildman–Crippen LogP) is 3.54. The van der Waals surface area contributed by atoms with Gasteiger partial charge in [0.1, 0.15) is 5.75 Å². The number of hydrogen-bond acceptors (Lipinski definition) is 5. The quantitative estimate of drug-likeness (QED) is 0.483. The summed E-state index contributed by atoms with van der Waals surface area (Å²) in [5, 5.41) is 9.86. The van der Waals surface area contributed by atoms with Crippen LogP contribution in [0.15, 0.2) is 36.0 Å². The van der Waals surface area contributed by atoms with Crippen molar-refractivity contribution in [2.75, 3.05) is 20.8 Å². The van der Waals surface area contributed by atoms with Gasteiger partial charge in [0.05, 0.1) is 7.11 Å². The van der Waals surface area contributed by atoms with E-state index in [2.05, 4.69) is 0 Å². The summed E-state index contributed by atoms with van der Waals surface area (Å²) < 4.78 is 11.0. The highest BCUT2D eigenvalue weighted by Crippen LogP contribution is 2.44. The third-order valence-corrected chi connectivity index (χ3v) is 4.42. The second kappa shape index (κ2) is 7.56. The van der Waals surface area contributed by atoms with Crippen molar-refractivity contribution in [3.63, 3.8) is 0 Å². The number of hydrogen-bond donors (Lipinski definition) is 1. The van der Waals surface area contributed by atoms with Crippen LogP contribution in [0.3, 0.4) is 0 Å². The molecule has 0 radical (unpaired) electrons. The molecule has 2 rings (SSSR count). The Kier molecular flexibility index (Phi) is 5.87. The molecule has 1 saturated heterocycles. The summed E-state index contributed by atoms with van der Waals surface area (Å²) in [7, 11) is 3.03. The Labute approximate surface area is 148 Å². The maximum Gasteiger partial charge on any atom is 0.251 e. The van der Waals surface area contributed by atoms with E-state index in [9.17, 15) is 10.1 Å². The van der Waals surface area contributed by atoms with Crippen molar-refractivity contribution in [3.8, 4) is 5.75 Å². The molecule has 1 amide bonds. The molecule has 0 aromatic heterocycles. The fourth-order valence-electron chi connectivity index (χ4n) is 3.08. The van der Waals surface area contributed by atoms with Crippen LogP contribution in [0.4, 0.5) is 0 Å². The standard InChI is InChI=1S/C19H27NO5/c1-18(2,3)16(13-20-11-7-10-17(20)21)19(24-5,25-22)14-8-6-9-15(12-14)23-4/h6,8-9,12-13,22H,7,10-11H2,1-5H3/b16-13-. The topological polar surface area (TPSA) is 68.2 Å². The molecule has 1 aromatic rings. The first-order valence-electron chi connectivity index (χ1n) is 8.33. The summed E-state index contributed by atoms with van der Waals surface area (Å²) in [6.45, 7) is 6.58. The van der Waals surface area contributed by atoms with Crippen LogP contribution in [0.1, 0.15) is 39.2 Å². The Hall–Kier alpha value is -1.89. The highest BCUT2D eigenvalue weighted by Gasteiger charge is 2.45. The highest BCUT2D eigenvalue weighted by molar-refractivity contribution is 5.79. The minimum absolute atomic E-state index is 0.0512. The zero-order valence-corrected chi connectivity index (χ0v) is 15.5. The largest absolute Gasteiger partial charge is 0.497 e. The number of carbonyl (C=O) groups excluding carboxylic acids is 1. The van der Waals surface area contributed by atoms with Gasteiger partial charge in [0.25, 0.3) is 5.79 Å². The molecule has 6 heteroatoms. The molecule has 138 valence electrons. The smallest absolute Gasteiger partial charge is 0.251 e. The van der Waals surface area contributed by atoms with Crippen LogP contribution >= 0.6 is 0 Å². The number of ether oxygens (including phenoxy) is 2. The van der Waals surface area contributed by atoms with Crippen LogP contribution < -0.4 is 4.74 Å². The molecule has 1 fully saturated rings. The van der Waals surface area contributed by atoms with Crippen LogP contribution in [0.5, 0.6) is 5.75 Å². The van der Waals surface area contributed by atoms with Gasteiger partial charge in [-0.1, -0.05) is 32.9 Å². The summed E-state index contributed by atoms with van der Waals surface area (Å²) in [6, 6.07) is 7.12. The third-order valence-electron chi connectivity index (χ3n) is 4.42. The fraction of sp³-hybridized carbons (Fsp3) is 0.526. The molecule has 0 spiro atoms. The molecule has 1 atom stereocenters. The van der Waals surface area contributed by atoms with Gasteiger partial charge in [-0.25, -0.2) is 5.26 Å². The molecule has 0 aliphatic carbocycles. The second-order valence-electron chi connectivity index (χ2n) is 7.13. The molecule has 1 aromatic carbocycles. The van der Waals surface area contributed by atoms with E-state index in [0.717, 1.165) is 6.42 Å². The van der Waals surface area contributed by atoms with Crippen molar-refractivity contribution in [3.05, 3.63) is 41.6 Å². The molecule has 1 unspecified atom stereocenters. The van der Waals surface area contributed by atoms with Gasteiger partial charge < -0.3 is 14.4 Å². The van der Waals surface area contributed by atoms with E-state index >= 15 is 0 Å². The number of nitrogens with zero attached hydrogens (tertiary/aromatic N) is 1. The van der Waals surface area contributed by atoms with E-state index in [1.807, 2.05) is 20.8 Å². The van der Waals surface area contributed by atoms with Gasteiger partial charge >= 0.3 is 0 Å². The van der Waals surface area contributed by atoms with Gasteiger partial charge in [-0.3, -0.25) is 4.79 Å². The zero-order chi connectivity index (χ0) is 18.7. The van der Waals surface area contributed by atoms with E-state index in [-0.39, 0.29) is 5.91 Å². The van der Waals surface area contributed by atoms with Crippen LogP contribution in [0.2, 0.25) is 0 Å². The summed E-state index contributed by atoms with van der Waals surface area (Å²) in [5.74, 6) is -0.882. The van der Waals surface area contributed by atoms with E-state index in [1.165, 1.54) is 7.11 Å². The summed E-state index contributed by atoms with van der Waals surface area (Å²) in [6.07, 6.45) is 3.08.